The molecule has 3 nitrogen and oxygen atoms in total. The number of nitrogens with one attached hydrogen (secondary N) is 1. The van der Waals surface area contributed by atoms with Crippen molar-refractivity contribution in [2.45, 2.75) is 26.8 Å². The van der Waals surface area contributed by atoms with Crippen molar-refractivity contribution < 1.29 is 0 Å². The first kappa shape index (κ1) is 11.1. The molecule has 0 radical (unpaired) electrons. The number of pyridine rings is 1. The molecule has 2 aromatic heterocycles. The maximum atomic E-state index is 4.36. The van der Waals surface area contributed by atoms with Gasteiger partial charge >= 0.3 is 0 Å². The number of hydrogen-bond acceptors (Lipinski definition) is 4. The second-order valence-electron chi connectivity index (χ2n) is 3.90. The third-order valence-corrected chi connectivity index (χ3v) is 3.38. The predicted molar refractivity (Wildman–Crippen MR) is 67.9 cm³/mol. The average Bonchev–Trinajstić information content (AvgIpc) is 2.68. The van der Waals surface area contributed by atoms with Gasteiger partial charge in [-0.1, -0.05) is 6.07 Å². The number of nitrogens with zero attached hydrogens (tertiary/aromatic N) is 2. The Hall–Kier alpha value is -1.42. The van der Waals surface area contributed by atoms with Gasteiger partial charge in [0.25, 0.3) is 0 Å². The molecule has 2 aromatic rings. The molecule has 84 valence electrons. The molecule has 0 saturated heterocycles. The zero-order valence-corrected chi connectivity index (χ0v) is 10.5. The van der Waals surface area contributed by atoms with Gasteiger partial charge in [-0.2, -0.15) is 0 Å². The zero-order chi connectivity index (χ0) is 11.5. The summed E-state index contributed by atoms with van der Waals surface area (Å²) in [7, 11) is 0. The summed E-state index contributed by atoms with van der Waals surface area (Å²) in [5.74, 6) is 0.894. The van der Waals surface area contributed by atoms with Crippen molar-refractivity contribution in [3.05, 3.63) is 40.0 Å². The fourth-order valence-electron chi connectivity index (χ4n) is 1.41. The fourth-order valence-corrected chi connectivity index (χ4v) is 2.19. The van der Waals surface area contributed by atoms with Crippen molar-refractivity contribution >= 4 is 17.2 Å². The Morgan fingerprint density at radius 2 is 2.00 bits per heavy atom. The van der Waals surface area contributed by atoms with Gasteiger partial charge in [-0.05, 0) is 32.4 Å². The molecule has 0 fully saturated rings. The van der Waals surface area contributed by atoms with Crippen molar-refractivity contribution in [1.29, 1.82) is 0 Å². The highest BCUT2D eigenvalue weighted by Crippen LogP contribution is 2.22. The maximum Gasteiger partial charge on any atom is 0.126 e. The number of thiazole rings is 1. The smallest absolute Gasteiger partial charge is 0.126 e. The monoisotopic (exact) mass is 233 g/mol. The van der Waals surface area contributed by atoms with E-state index in [0.717, 1.165) is 10.8 Å². The molecule has 0 aliphatic carbocycles. The van der Waals surface area contributed by atoms with E-state index in [1.54, 1.807) is 11.3 Å². The largest absolute Gasteiger partial charge is 0.361 e. The second-order valence-corrected chi connectivity index (χ2v) is 5.16. The van der Waals surface area contributed by atoms with Crippen molar-refractivity contribution in [3.63, 3.8) is 0 Å². The van der Waals surface area contributed by atoms with Crippen molar-refractivity contribution in [3.8, 4) is 0 Å². The summed E-state index contributed by atoms with van der Waals surface area (Å²) in [6, 6.07) is 4.25. The minimum absolute atomic E-state index is 0.203. The lowest BCUT2D eigenvalue weighted by Gasteiger charge is -2.11. The van der Waals surface area contributed by atoms with Crippen LogP contribution >= 0.6 is 11.3 Å². The summed E-state index contributed by atoms with van der Waals surface area (Å²) >= 11 is 1.72. The average molecular weight is 233 g/mol. The van der Waals surface area contributed by atoms with E-state index in [1.807, 2.05) is 25.4 Å². The molecule has 1 atom stereocenters. The van der Waals surface area contributed by atoms with E-state index in [-0.39, 0.29) is 6.04 Å². The standard InChI is InChI=1S/C12H15N3S/c1-8-4-5-11(13-6-8)15-10(3)12-14-7-9(2)16-12/h4-7,10H,1-3H3,(H,13,15). The molecular weight excluding hydrogens is 218 g/mol. The Morgan fingerprint density at radius 3 is 2.56 bits per heavy atom. The Kier molecular flexibility index (Phi) is 3.19. The minimum Gasteiger partial charge on any atom is -0.361 e. The van der Waals surface area contributed by atoms with Gasteiger partial charge in [0.15, 0.2) is 0 Å². The first-order valence-corrected chi connectivity index (χ1v) is 6.08. The van der Waals surface area contributed by atoms with Crippen LogP contribution in [0.3, 0.4) is 0 Å². The molecule has 0 aromatic carbocycles. The van der Waals surface area contributed by atoms with Crippen LogP contribution in [0.4, 0.5) is 5.82 Å². The third kappa shape index (κ3) is 2.58. The van der Waals surface area contributed by atoms with Gasteiger partial charge in [0.05, 0.1) is 6.04 Å². The number of rotatable bonds is 3. The van der Waals surface area contributed by atoms with Crippen LogP contribution < -0.4 is 5.32 Å². The third-order valence-electron chi connectivity index (χ3n) is 2.29. The van der Waals surface area contributed by atoms with Crippen LogP contribution in [0.25, 0.3) is 0 Å². The number of aromatic nitrogens is 2. The van der Waals surface area contributed by atoms with Crippen LogP contribution in [0.5, 0.6) is 0 Å². The van der Waals surface area contributed by atoms with Crippen LogP contribution in [-0.2, 0) is 0 Å². The van der Waals surface area contributed by atoms with Crippen molar-refractivity contribution in [2.24, 2.45) is 0 Å². The molecule has 2 rings (SSSR count). The topological polar surface area (TPSA) is 37.8 Å². The van der Waals surface area contributed by atoms with Gasteiger partial charge in [0.1, 0.15) is 10.8 Å². The van der Waals surface area contributed by atoms with Crippen LogP contribution in [0.15, 0.2) is 24.5 Å². The summed E-state index contributed by atoms with van der Waals surface area (Å²) in [6.07, 6.45) is 3.77. The second kappa shape index (κ2) is 4.61. The molecule has 0 aliphatic heterocycles. The zero-order valence-electron chi connectivity index (χ0n) is 9.69. The summed E-state index contributed by atoms with van der Waals surface area (Å²) in [5.41, 5.74) is 1.17. The molecule has 0 bridgehead atoms. The van der Waals surface area contributed by atoms with Crippen molar-refractivity contribution in [2.75, 3.05) is 5.32 Å². The van der Waals surface area contributed by atoms with Gasteiger partial charge in [-0.3, -0.25) is 0 Å². The summed E-state index contributed by atoms with van der Waals surface area (Å²) in [5, 5.41) is 4.43. The van der Waals surface area contributed by atoms with Gasteiger partial charge in [0.2, 0.25) is 0 Å². The van der Waals surface area contributed by atoms with Gasteiger partial charge < -0.3 is 5.32 Å². The molecule has 1 N–H and O–H groups in total. The summed E-state index contributed by atoms with van der Waals surface area (Å²) in [4.78, 5) is 9.91. The normalized spacial score (nSPS) is 12.4. The first-order chi connectivity index (χ1) is 7.65. The summed E-state index contributed by atoms with van der Waals surface area (Å²) in [6.45, 7) is 6.20. The highest BCUT2D eigenvalue weighted by Gasteiger charge is 2.09. The highest BCUT2D eigenvalue weighted by molar-refractivity contribution is 7.11. The molecule has 4 heteroatoms. The quantitative estimate of drug-likeness (QED) is 0.883. The Balaban J connectivity index is 2.07. The number of anilines is 1. The van der Waals surface area contributed by atoms with Crippen LogP contribution in [0.1, 0.15) is 28.4 Å². The Bertz CT molecular complexity index is 461. The predicted octanol–water partition coefficient (Wildman–Crippen LogP) is 3.33. The lowest BCUT2D eigenvalue weighted by Crippen LogP contribution is -2.07. The van der Waals surface area contributed by atoms with Gasteiger partial charge in [-0.25, -0.2) is 9.97 Å². The van der Waals surface area contributed by atoms with Crippen LogP contribution in [-0.4, -0.2) is 9.97 Å². The SMILES string of the molecule is Cc1ccc(NC(C)c2ncc(C)s2)nc1. The fraction of sp³-hybridized carbons (Fsp3) is 0.333. The highest BCUT2D eigenvalue weighted by atomic mass is 32.1. The van der Waals surface area contributed by atoms with E-state index in [1.165, 1.54) is 10.4 Å². The molecule has 0 aliphatic rings. The van der Waals surface area contributed by atoms with Crippen molar-refractivity contribution in [1.82, 2.24) is 9.97 Å². The van der Waals surface area contributed by atoms with E-state index in [9.17, 15) is 0 Å². The van der Waals surface area contributed by atoms with E-state index >= 15 is 0 Å². The maximum absolute atomic E-state index is 4.36. The van der Waals surface area contributed by atoms with E-state index < -0.39 is 0 Å². The molecule has 0 amide bonds. The number of hydrogen-bond donors (Lipinski definition) is 1. The van der Waals surface area contributed by atoms with Gasteiger partial charge in [0, 0.05) is 17.3 Å². The first-order valence-electron chi connectivity index (χ1n) is 5.26. The number of aryl methyl sites for hydroxylation is 2. The van der Waals surface area contributed by atoms with Crippen LogP contribution in [0.2, 0.25) is 0 Å². The molecule has 0 spiro atoms. The molecular formula is C12H15N3S. The van der Waals surface area contributed by atoms with E-state index in [2.05, 4.69) is 35.2 Å². The van der Waals surface area contributed by atoms with Crippen LogP contribution in [0, 0.1) is 13.8 Å². The molecule has 1 unspecified atom stereocenters. The van der Waals surface area contributed by atoms with Gasteiger partial charge in [-0.15, -0.1) is 11.3 Å². The van der Waals surface area contributed by atoms with E-state index in [4.69, 9.17) is 0 Å². The Morgan fingerprint density at radius 1 is 1.19 bits per heavy atom. The summed E-state index contributed by atoms with van der Waals surface area (Å²) < 4.78 is 0. The molecule has 16 heavy (non-hydrogen) atoms. The minimum atomic E-state index is 0.203. The van der Waals surface area contributed by atoms with E-state index in [0.29, 0.717) is 0 Å². The molecule has 2 heterocycles. The Labute approximate surface area is 99.6 Å². The molecule has 0 saturated carbocycles. The lowest BCUT2D eigenvalue weighted by molar-refractivity contribution is 0.860. The lowest BCUT2D eigenvalue weighted by atomic mass is 10.3.